The number of aromatic nitrogens is 1. The maximum absolute atomic E-state index is 6.04. The van der Waals surface area contributed by atoms with Crippen molar-refractivity contribution in [3.05, 3.63) is 65.3 Å². The molecule has 0 atom stereocenters. The Hall–Kier alpha value is -1.73. The Labute approximate surface area is 105 Å². The third kappa shape index (κ3) is 1.73. The number of rotatable bonds is 1. The summed E-state index contributed by atoms with van der Waals surface area (Å²) in [4.78, 5) is 0. The quantitative estimate of drug-likeness (QED) is 0.587. The van der Waals surface area contributed by atoms with Gasteiger partial charge in [-0.2, -0.15) is 0 Å². The molecule has 2 aromatic carbocycles. The summed E-state index contributed by atoms with van der Waals surface area (Å²) in [6, 6.07) is 16.4. The van der Waals surface area contributed by atoms with Crippen molar-refractivity contribution < 1.29 is 0 Å². The lowest BCUT2D eigenvalue weighted by molar-refractivity contribution is 1.12. The fourth-order valence-electron chi connectivity index (χ4n) is 2.17. The van der Waals surface area contributed by atoms with Crippen LogP contribution in [0.15, 0.2) is 54.7 Å². The van der Waals surface area contributed by atoms with Gasteiger partial charge < -0.3 is 4.57 Å². The molecular weight excluding hydrogens is 230 g/mol. The van der Waals surface area contributed by atoms with Crippen LogP contribution in [0, 0.1) is 6.92 Å². The van der Waals surface area contributed by atoms with Crippen LogP contribution in [0.25, 0.3) is 16.6 Å². The number of hydrogen-bond acceptors (Lipinski definition) is 0. The van der Waals surface area contributed by atoms with Crippen LogP contribution in [0.1, 0.15) is 5.56 Å². The van der Waals surface area contributed by atoms with E-state index in [0.29, 0.717) is 0 Å². The van der Waals surface area contributed by atoms with E-state index in [0.717, 1.165) is 5.02 Å². The van der Waals surface area contributed by atoms with Gasteiger partial charge in [0, 0.05) is 22.3 Å². The lowest BCUT2D eigenvalue weighted by atomic mass is 10.2. The summed E-state index contributed by atoms with van der Waals surface area (Å²) in [7, 11) is 0. The second-order valence-corrected chi connectivity index (χ2v) is 4.62. The van der Waals surface area contributed by atoms with Gasteiger partial charge in [0.05, 0.1) is 5.52 Å². The largest absolute Gasteiger partial charge is 0.316 e. The van der Waals surface area contributed by atoms with Crippen molar-refractivity contribution in [1.29, 1.82) is 0 Å². The lowest BCUT2D eigenvalue weighted by Crippen LogP contribution is -1.90. The minimum Gasteiger partial charge on any atom is -0.316 e. The number of para-hydroxylation sites is 1. The summed E-state index contributed by atoms with van der Waals surface area (Å²) >= 11 is 6.04. The third-order valence-corrected chi connectivity index (χ3v) is 3.24. The molecule has 0 unspecified atom stereocenters. The van der Waals surface area contributed by atoms with Crippen LogP contribution in [0.2, 0.25) is 5.02 Å². The van der Waals surface area contributed by atoms with Gasteiger partial charge in [0.1, 0.15) is 0 Å². The topological polar surface area (TPSA) is 4.93 Å². The second kappa shape index (κ2) is 3.94. The van der Waals surface area contributed by atoms with Gasteiger partial charge in [-0.15, -0.1) is 0 Å². The normalized spacial score (nSPS) is 10.9. The Morgan fingerprint density at radius 2 is 1.76 bits per heavy atom. The first-order valence-corrected chi connectivity index (χ1v) is 5.96. The SMILES string of the molecule is Cc1cn(-c2ccccc2)c2ccc(Cl)cc12. The summed E-state index contributed by atoms with van der Waals surface area (Å²) in [6.07, 6.45) is 2.15. The molecule has 0 bridgehead atoms. The molecule has 0 saturated carbocycles. The molecular formula is C15H12ClN. The molecule has 0 aliphatic carbocycles. The first-order valence-electron chi connectivity index (χ1n) is 5.58. The maximum atomic E-state index is 6.04. The molecule has 0 aliphatic rings. The predicted molar refractivity (Wildman–Crippen MR) is 73.0 cm³/mol. The fourth-order valence-corrected chi connectivity index (χ4v) is 2.34. The Morgan fingerprint density at radius 1 is 1.00 bits per heavy atom. The number of benzene rings is 2. The van der Waals surface area contributed by atoms with Gasteiger partial charge in [-0.1, -0.05) is 29.8 Å². The third-order valence-electron chi connectivity index (χ3n) is 3.00. The van der Waals surface area contributed by atoms with Crippen LogP contribution < -0.4 is 0 Å². The zero-order valence-corrected chi connectivity index (χ0v) is 10.3. The van der Waals surface area contributed by atoms with E-state index in [1.165, 1.54) is 22.2 Å². The predicted octanol–water partition coefficient (Wildman–Crippen LogP) is 4.59. The van der Waals surface area contributed by atoms with Crippen molar-refractivity contribution in [2.45, 2.75) is 6.92 Å². The van der Waals surface area contributed by atoms with Gasteiger partial charge in [0.15, 0.2) is 0 Å². The van der Waals surface area contributed by atoms with Crippen molar-refractivity contribution in [1.82, 2.24) is 4.57 Å². The van der Waals surface area contributed by atoms with Crippen LogP contribution >= 0.6 is 11.6 Å². The number of nitrogens with zero attached hydrogens (tertiary/aromatic N) is 1. The lowest BCUT2D eigenvalue weighted by Gasteiger charge is -2.04. The summed E-state index contributed by atoms with van der Waals surface area (Å²) in [5.41, 5.74) is 3.61. The minimum absolute atomic E-state index is 0.784. The second-order valence-electron chi connectivity index (χ2n) is 4.18. The standard InChI is InChI=1S/C15H12ClN/c1-11-10-17(13-5-3-2-4-6-13)15-8-7-12(16)9-14(11)15/h2-10H,1H3. The van der Waals surface area contributed by atoms with Gasteiger partial charge in [-0.3, -0.25) is 0 Å². The molecule has 0 fully saturated rings. The number of halogens is 1. The first-order chi connectivity index (χ1) is 8.25. The zero-order chi connectivity index (χ0) is 11.8. The van der Waals surface area contributed by atoms with E-state index in [-0.39, 0.29) is 0 Å². The Bertz CT molecular complexity index is 668. The average molecular weight is 242 g/mol. The fraction of sp³-hybridized carbons (Fsp3) is 0.0667. The molecule has 0 saturated heterocycles. The smallest absolute Gasteiger partial charge is 0.0532 e. The molecule has 0 spiro atoms. The highest BCUT2D eigenvalue weighted by atomic mass is 35.5. The van der Waals surface area contributed by atoms with E-state index >= 15 is 0 Å². The van der Waals surface area contributed by atoms with Crippen LogP contribution in [-0.2, 0) is 0 Å². The summed E-state index contributed by atoms with van der Waals surface area (Å²) in [6.45, 7) is 2.11. The molecule has 2 heteroatoms. The van der Waals surface area contributed by atoms with E-state index in [9.17, 15) is 0 Å². The van der Waals surface area contributed by atoms with Crippen LogP contribution in [0.4, 0.5) is 0 Å². The molecule has 0 amide bonds. The Balaban J connectivity index is 2.32. The molecule has 1 aromatic heterocycles. The van der Waals surface area contributed by atoms with Gasteiger partial charge in [-0.05, 0) is 42.8 Å². The van der Waals surface area contributed by atoms with E-state index in [1.807, 2.05) is 30.3 Å². The van der Waals surface area contributed by atoms with E-state index in [2.05, 4.69) is 35.9 Å². The van der Waals surface area contributed by atoms with E-state index in [1.54, 1.807) is 0 Å². The van der Waals surface area contributed by atoms with Crippen molar-refractivity contribution in [2.75, 3.05) is 0 Å². The Morgan fingerprint density at radius 3 is 2.53 bits per heavy atom. The summed E-state index contributed by atoms with van der Waals surface area (Å²) in [5, 5.41) is 1.99. The van der Waals surface area contributed by atoms with Gasteiger partial charge in [0.25, 0.3) is 0 Å². The first kappa shape index (κ1) is 10.4. The molecule has 0 aliphatic heterocycles. The van der Waals surface area contributed by atoms with Crippen molar-refractivity contribution in [3.63, 3.8) is 0 Å². The average Bonchev–Trinajstić information content (AvgIpc) is 2.68. The molecule has 1 heterocycles. The van der Waals surface area contributed by atoms with Crippen LogP contribution in [-0.4, -0.2) is 4.57 Å². The Kier molecular flexibility index (Phi) is 2.41. The van der Waals surface area contributed by atoms with E-state index in [4.69, 9.17) is 11.6 Å². The summed E-state index contributed by atoms with van der Waals surface area (Å²) < 4.78 is 2.20. The molecule has 3 rings (SSSR count). The van der Waals surface area contributed by atoms with Crippen molar-refractivity contribution >= 4 is 22.5 Å². The highest BCUT2D eigenvalue weighted by Gasteiger charge is 2.06. The highest BCUT2D eigenvalue weighted by Crippen LogP contribution is 2.26. The number of hydrogen-bond donors (Lipinski definition) is 0. The summed E-state index contributed by atoms with van der Waals surface area (Å²) in [5.74, 6) is 0. The maximum Gasteiger partial charge on any atom is 0.0532 e. The number of aryl methyl sites for hydroxylation is 1. The number of fused-ring (bicyclic) bond motifs is 1. The molecule has 84 valence electrons. The van der Waals surface area contributed by atoms with Crippen molar-refractivity contribution in [3.8, 4) is 5.69 Å². The van der Waals surface area contributed by atoms with Gasteiger partial charge in [-0.25, -0.2) is 0 Å². The minimum atomic E-state index is 0.784. The molecule has 0 radical (unpaired) electrons. The molecule has 17 heavy (non-hydrogen) atoms. The molecule has 0 N–H and O–H groups in total. The highest BCUT2D eigenvalue weighted by molar-refractivity contribution is 6.31. The van der Waals surface area contributed by atoms with Crippen molar-refractivity contribution in [2.24, 2.45) is 0 Å². The zero-order valence-electron chi connectivity index (χ0n) is 9.52. The van der Waals surface area contributed by atoms with E-state index < -0.39 is 0 Å². The van der Waals surface area contributed by atoms with Crippen LogP contribution in [0.5, 0.6) is 0 Å². The monoisotopic (exact) mass is 241 g/mol. The molecule has 1 nitrogen and oxygen atoms in total. The van der Waals surface area contributed by atoms with Crippen LogP contribution in [0.3, 0.4) is 0 Å². The van der Waals surface area contributed by atoms with Gasteiger partial charge in [0.2, 0.25) is 0 Å². The van der Waals surface area contributed by atoms with Gasteiger partial charge >= 0.3 is 0 Å². The molecule has 3 aromatic rings.